The van der Waals surface area contributed by atoms with Crippen LogP contribution in [0.3, 0.4) is 0 Å². The molecule has 2 heterocycles. The van der Waals surface area contributed by atoms with Crippen molar-refractivity contribution in [1.29, 1.82) is 0 Å². The average molecular weight is 210 g/mol. The van der Waals surface area contributed by atoms with Crippen LogP contribution in [0, 0.1) is 0 Å². The molecule has 0 aromatic rings. The minimum absolute atomic E-state index is 0.133. The van der Waals surface area contributed by atoms with E-state index >= 15 is 0 Å². The summed E-state index contributed by atoms with van der Waals surface area (Å²) in [7, 11) is 0. The summed E-state index contributed by atoms with van der Waals surface area (Å²) in [6, 6.07) is -0.133. The number of hydrogen-bond acceptors (Lipinski definition) is 4. The molecule has 14 heavy (non-hydrogen) atoms. The number of carboxylic acid groups (broad SMARTS) is 1. The van der Waals surface area contributed by atoms with E-state index in [1.165, 1.54) is 18.0 Å². The summed E-state index contributed by atoms with van der Waals surface area (Å²) in [4.78, 5) is 16.9. The number of allylic oxidation sites excluding steroid dienone is 1. The number of nitrogens with zero attached hydrogens (tertiary/aromatic N) is 2. The van der Waals surface area contributed by atoms with Crippen molar-refractivity contribution in [3.8, 4) is 0 Å². The van der Waals surface area contributed by atoms with Crippen LogP contribution in [-0.2, 0) is 4.79 Å². The first-order chi connectivity index (χ1) is 6.61. The van der Waals surface area contributed by atoms with Gasteiger partial charge >= 0.3 is 5.97 Å². The van der Waals surface area contributed by atoms with E-state index in [0.717, 1.165) is 10.9 Å². The zero-order valence-corrected chi connectivity index (χ0v) is 8.71. The highest BCUT2D eigenvalue weighted by atomic mass is 32.2. The van der Waals surface area contributed by atoms with Gasteiger partial charge < -0.3 is 10.0 Å². The fourth-order valence-corrected chi connectivity index (χ4v) is 2.49. The Morgan fingerprint density at radius 3 is 3.07 bits per heavy atom. The van der Waals surface area contributed by atoms with Gasteiger partial charge in [0.15, 0.2) is 5.17 Å². The number of aliphatic carboxylic acids is 1. The monoisotopic (exact) mass is 210 g/mol. The number of fused-ring (bicyclic) bond motifs is 1. The van der Waals surface area contributed by atoms with Crippen LogP contribution in [0.25, 0.3) is 0 Å². The van der Waals surface area contributed by atoms with Crippen molar-refractivity contribution in [3.63, 3.8) is 0 Å². The lowest BCUT2D eigenvalue weighted by molar-refractivity contribution is -0.133. The van der Waals surface area contributed by atoms with E-state index in [4.69, 9.17) is 5.11 Å². The number of rotatable bonds is 1. The minimum Gasteiger partial charge on any atom is -0.478 e. The molecule has 0 bridgehead atoms. The average Bonchev–Trinajstić information content (AvgIpc) is 2.48. The second kappa shape index (κ2) is 3.16. The molecule has 74 valence electrons. The lowest BCUT2D eigenvalue weighted by Gasteiger charge is -2.30. The van der Waals surface area contributed by atoms with Gasteiger partial charge in [0.1, 0.15) is 0 Å². The highest BCUT2D eigenvalue weighted by Crippen LogP contribution is 2.33. The largest absolute Gasteiger partial charge is 0.478 e. The first-order valence-corrected chi connectivity index (χ1v) is 5.13. The van der Waals surface area contributed by atoms with E-state index in [0.29, 0.717) is 5.57 Å². The summed E-state index contributed by atoms with van der Waals surface area (Å²) >= 11 is 1.53. The number of hydrogen-bond donors (Lipinski definition) is 1. The van der Waals surface area contributed by atoms with Crippen LogP contribution in [0.15, 0.2) is 27.9 Å². The molecule has 0 aromatic heterocycles. The highest BCUT2D eigenvalue weighted by Gasteiger charge is 2.32. The maximum atomic E-state index is 10.9. The van der Waals surface area contributed by atoms with Gasteiger partial charge in [0.25, 0.3) is 0 Å². The molecule has 0 aromatic carbocycles. The Morgan fingerprint density at radius 1 is 1.71 bits per heavy atom. The first-order valence-electron chi connectivity index (χ1n) is 4.25. The number of aliphatic imine (C=N–C) groups is 1. The van der Waals surface area contributed by atoms with Gasteiger partial charge in [-0.2, -0.15) is 0 Å². The molecule has 0 spiro atoms. The zero-order chi connectivity index (χ0) is 10.3. The summed E-state index contributed by atoms with van der Waals surface area (Å²) in [6.07, 6.45) is 1.44. The molecule has 0 amide bonds. The molecule has 0 aliphatic carbocycles. The molecule has 0 radical (unpaired) electrons. The van der Waals surface area contributed by atoms with Gasteiger partial charge in [-0.1, -0.05) is 11.8 Å². The molecule has 0 saturated heterocycles. The summed E-state index contributed by atoms with van der Waals surface area (Å²) in [6.45, 7) is 3.83. The van der Waals surface area contributed by atoms with Crippen LogP contribution in [0.1, 0.15) is 13.8 Å². The number of amidine groups is 1. The van der Waals surface area contributed by atoms with E-state index in [9.17, 15) is 4.79 Å². The smallest absolute Gasteiger partial charge is 0.335 e. The van der Waals surface area contributed by atoms with E-state index in [1.807, 2.05) is 24.2 Å². The Bertz CT molecular complexity index is 384. The Labute approximate surface area is 86.0 Å². The summed E-state index contributed by atoms with van der Waals surface area (Å²) in [5.74, 6) is -0.898. The number of carbonyl (C=O) groups is 1. The SMILES string of the molecule is CC1=CSC2=NC=C(C(=O)O)C(C)N12. The van der Waals surface area contributed by atoms with E-state index in [2.05, 4.69) is 4.99 Å². The Kier molecular flexibility index (Phi) is 2.11. The van der Waals surface area contributed by atoms with Gasteiger partial charge in [-0.25, -0.2) is 9.79 Å². The maximum Gasteiger partial charge on any atom is 0.335 e. The molecule has 2 aliphatic heterocycles. The van der Waals surface area contributed by atoms with Crippen LogP contribution in [0.2, 0.25) is 0 Å². The fraction of sp³-hybridized carbons (Fsp3) is 0.333. The minimum atomic E-state index is -0.898. The second-order valence-electron chi connectivity index (χ2n) is 3.22. The second-order valence-corrected chi connectivity index (χ2v) is 4.06. The van der Waals surface area contributed by atoms with Crippen molar-refractivity contribution in [3.05, 3.63) is 22.9 Å². The van der Waals surface area contributed by atoms with Crippen molar-refractivity contribution in [2.45, 2.75) is 19.9 Å². The van der Waals surface area contributed by atoms with Crippen molar-refractivity contribution in [2.75, 3.05) is 0 Å². The third-order valence-electron chi connectivity index (χ3n) is 2.32. The van der Waals surface area contributed by atoms with Crippen molar-refractivity contribution < 1.29 is 9.90 Å². The van der Waals surface area contributed by atoms with Gasteiger partial charge in [0, 0.05) is 11.9 Å². The Balaban J connectivity index is 2.37. The maximum absolute atomic E-state index is 10.9. The van der Waals surface area contributed by atoms with Gasteiger partial charge in [0.05, 0.1) is 11.6 Å². The molecule has 1 unspecified atom stereocenters. The highest BCUT2D eigenvalue weighted by molar-refractivity contribution is 8.16. The fourth-order valence-electron chi connectivity index (χ4n) is 1.57. The van der Waals surface area contributed by atoms with Gasteiger partial charge in [-0.15, -0.1) is 0 Å². The van der Waals surface area contributed by atoms with E-state index < -0.39 is 5.97 Å². The lowest BCUT2D eigenvalue weighted by atomic mass is 10.1. The summed E-state index contributed by atoms with van der Waals surface area (Å²) in [5.41, 5.74) is 1.39. The molecule has 2 rings (SSSR count). The lowest BCUT2D eigenvalue weighted by Crippen LogP contribution is -2.38. The summed E-state index contributed by atoms with van der Waals surface area (Å²) < 4.78 is 0. The van der Waals surface area contributed by atoms with Gasteiger partial charge in [-0.05, 0) is 19.3 Å². The summed E-state index contributed by atoms with van der Waals surface area (Å²) in [5, 5.41) is 11.8. The third kappa shape index (κ3) is 1.24. The Hall–Kier alpha value is -1.23. The molecule has 1 N–H and O–H groups in total. The molecule has 2 aliphatic rings. The van der Waals surface area contributed by atoms with Crippen LogP contribution < -0.4 is 0 Å². The van der Waals surface area contributed by atoms with Gasteiger partial charge in [0.2, 0.25) is 0 Å². The molecule has 4 nitrogen and oxygen atoms in total. The van der Waals surface area contributed by atoms with E-state index in [1.54, 1.807) is 0 Å². The molecular formula is C9H10N2O2S. The topological polar surface area (TPSA) is 52.9 Å². The molecule has 1 atom stereocenters. The normalized spacial score (nSPS) is 25.1. The molecule has 5 heteroatoms. The van der Waals surface area contributed by atoms with Crippen molar-refractivity contribution in [1.82, 2.24) is 4.90 Å². The van der Waals surface area contributed by atoms with Crippen LogP contribution in [-0.4, -0.2) is 27.2 Å². The zero-order valence-electron chi connectivity index (χ0n) is 7.89. The third-order valence-corrected chi connectivity index (χ3v) is 3.29. The molecular weight excluding hydrogens is 200 g/mol. The molecule has 0 fully saturated rings. The van der Waals surface area contributed by atoms with Crippen LogP contribution >= 0.6 is 11.8 Å². The van der Waals surface area contributed by atoms with E-state index in [-0.39, 0.29) is 6.04 Å². The van der Waals surface area contributed by atoms with Crippen LogP contribution in [0.5, 0.6) is 0 Å². The van der Waals surface area contributed by atoms with Gasteiger partial charge in [-0.3, -0.25) is 0 Å². The molecule has 0 saturated carbocycles. The van der Waals surface area contributed by atoms with Crippen LogP contribution in [0.4, 0.5) is 0 Å². The quantitative estimate of drug-likeness (QED) is 0.714. The predicted molar refractivity (Wildman–Crippen MR) is 55.8 cm³/mol. The predicted octanol–water partition coefficient (Wildman–Crippen LogP) is 1.62. The van der Waals surface area contributed by atoms with Crippen molar-refractivity contribution >= 4 is 22.9 Å². The Morgan fingerprint density at radius 2 is 2.43 bits per heavy atom. The standard InChI is InChI=1S/C9H10N2O2S/c1-5-4-14-9-10-3-7(8(12)13)6(2)11(5)9/h3-4,6H,1-2H3,(H,12,13). The first kappa shape index (κ1) is 9.33. The number of carboxylic acids is 1. The number of thioether (sulfide) groups is 1. The van der Waals surface area contributed by atoms with Crippen molar-refractivity contribution in [2.24, 2.45) is 4.99 Å².